The second-order valence-corrected chi connectivity index (χ2v) is 7.89. The molecular formula is C16H13ClFNO4S. The van der Waals surface area contributed by atoms with Crippen LogP contribution in [0.3, 0.4) is 0 Å². The summed E-state index contributed by atoms with van der Waals surface area (Å²) in [7, 11) is -2.21. The summed E-state index contributed by atoms with van der Waals surface area (Å²) in [6.45, 7) is 1.62. The van der Waals surface area contributed by atoms with Gasteiger partial charge < -0.3 is 4.42 Å². The Bertz CT molecular complexity index is 1120. The van der Waals surface area contributed by atoms with Gasteiger partial charge in [-0.2, -0.15) is 0 Å². The number of benzene rings is 2. The average molecular weight is 370 g/mol. The molecule has 24 heavy (non-hydrogen) atoms. The third-order valence-corrected chi connectivity index (χ3v) is 5.88. The van der Waals surface area contributed by atoms with Gasteiger partial charge in [0.25, 0.3) is 0 Å². The van der Waals surface area contributed by atoms with Crippen LogP contribution in [0.1, 0.15) is 11.1 Å². The minimum Gasteiger partial charge on any atom is -0.408 e. The highest BCUT2D eigenvalue weighted by atomic mass is 35.5. The molecule has 8 heteroatoms. The first-order valence-electron chi connectivity index (χ1n) is 6.96. The Morgan fingerprint density at radius 1 is 1.25 bits per heavy atom. The SMILES string of the molecule is Cc1cc2oc(=O)n(C)c2cc1S(=O)(=O)Cc1ccc(F)c(Cl)c1. The van der Waals surface area contributed by atoms with Gasteiger partial charge in [-0.1, -0.05) is 17.7 Å². The molecular weight excluding hydrogens is 357 g/mol. The summed E-state index contributed by atoms with van der Waals surface area (Å²) in [5.41, 5.74) is 1.55. The van der Waals surface area contributed by atoms with Crippen molar-refractivity contribution in [2.45, 2.75) is 17.6 Å². The fourth-order valence-electron chi connectivity index (χ4n) is 2.52. The van der Waals surface area contributed by atoms with Crippen molar-refractivity contribution in [2.75, 3.05) is 0 Å². The smallest absolute Gasteiger partial charge is 0.408 e. The maximum atomic E-state index is 13.2. The number of hydrogen-bond donors (Lipinski definition) is 0. The lowest BCUT2D eigenvalue weighted by atomic mass is 10.2. The van der Waals surface area contributed by atoms with Crippen LogP contribution in [0.5, 0.6) is 0 Å². The first-order valence-corrected chi connectivity index (χ1v) is 8.99. The number of aromatic nitrogens is 1. The molecule has 0 amide bonds. The highest BCUT2D eigenvalue weighted by Gasteiger charge is 2.21. The number of hydrogen-bond acceptors (Lipinski definition) is 4. The van der Waals surface area contributed by atoms with Crippen LogP contribution in [0.15, 0.2) is 44.4 Å². The van der Waals surface area contributed by atoms with Crippen molar-refractivity contribution in [3.63, 3.8) is 0 Å². The van der Waals surface area contributed by atoms with Crippen molar-refractivity contribution in [3.8, 4) is 0 Å². The third-order valence-electron chi connectivity index (χ3n) is 3.76. The van der Waals surface area contributed by atoms with Crippen molar-refractivity contribution in [3.05, 3.63) is 62.8 Å². The topological polar surface area (TPSA) is 69.3 Å². The molecule has 2 aromatic carbocycles. The van der Waals surface area contributed by atoms with Crippen molar-refractivity contribution in [1.82, 2.24) is 4.57 Å². The maximum Gasteiger partial charge on any atom is 0.419 e. The lowest BCUT2D eigenvalue weighted by Gasteiger charge is -2.09. The number of sulfone groups is 1. The summed E-state index contributed by atoms with van der Waals surface area (Å²) in [6.07, 6.45) is 0. The summed E-state index contributed by atoms with van der Waals surface area (Å²) in [6, 6.07) is 6.72. The Balaban J connectivity index is 2.10. The Labute approximate surface area is 142 Å². The predicted octanol–water partition coefficient (Wildman–Crippen LogP) is 3.21. The van der Waals surface area contributed by atoms with E-state index in [4.69, 9.17) is 16.0 Å². The van der Waals surface area contributed by atoms with Crippen LogP contribution in [-0.2, 0) is 22.6 Å². The first kappa shape index (κ1) is 16.7. The highest BCUT2D eigenvalue weighted by Crippen LogP contribution is 2.26. The molecule has 0 radical (unpaired) electrons. The van der Waals surface area contributed by atoms with E-state index in [1.54, 1.807) is 6.92 Å². The number of aryl methyl sites for hydroxylation is 2. The van der Waals surface area contributed by atoms with Crippen LogP contribution >= 0.6 is 11.6 Å². The van der Waals surface area contributed by atoms with Gasteiger partial charge in [0.1, 0.15) is 5.82 Å². The molecule has 1 aromatic heterocycles. The Morgan fingerprint density at radius 2 is 1.96 bits per heavy atom. The van der Waals surface area contributed by atoms with E-state index in [-0.39, 0.29) is 15.7 Å². The first-order chi connectivity index (χ1) is 11.2. The van der Waals surface area contributed by atoms with Crippen LogP contribution in [0, 0.1) is 12.7 Å². The Kier molecular flexibility index (Phi) is 4.01. The van der Waals surface area contributed by atoms with E-state index in [0.717, 1.165) is 6.07 Å². The normalized spacial score (nSPS) is 12.0. The second-order valence-electron chi connectivity index (χ2n) is 5.52. The van der Waals surface area contributed by atoms with E-state index < -0.39 is 21.4 Å². The van der Waals surface area contributed by atoms with Gasteiger partial charge in [-0.05, 0) is 42.3 Å². The molecule has 0 N–H and O–H groups in total. The molecule has 0 aliphatic carbocycles. The quantitative estimate of drug-likeness (QED) is 0.710. The van der Waals surface area contributed by atoms with Crippen LogP contribution in [-0.4, -0.2) is 13.0 Å². The molecule has 0 unspecified atom stereocenters. The van der Waals surface area contributed by atoms with Gasteiger partial charge >= 0.3 is 5.76 Å². The average Bonchev–Trinajstić information content (AvgIpc) is 2.76. The van der Waals surface area contributed by atoms with Gasteiger partial charge in [-0.25, -0.2) is 17.6 Å². The molecule has 0 atom stereocenters. The van der Waals surface area contributed by atoms with Gasteiger partial charge in [-0.15, -0.1) is 0 Å². The predicted molar refractivity (Wildman–Crippen MR) is 88.5 cm³/mol. The lowest BCUT2D eigenvalue weighted by Crippen LogP contribution is -2.10. The summed E-state index contributed by atoms with van der Waals surface area (Å²) in [5.74, 6) is -1.50. The van der Waals surface area contributed by atoms with E-state index in [1.807, 2.05) is 0 Å². The zero-order valence-electron chi connectivity index (χ0n) is 12.8. The molecule has 3 aromatic rings. The van der Waals surface area contributed by atoms with Crippen LogP contribution < -0.4 is 5.76 Å². The van der Waals surface area contributed by atoms with Crippen molar-refractivity contribution >= 4 is 32.5 Å². The van der Waals surface area contributed by atoms with Gasteiger partial charge in [0.2, 0.25) is 0 Å². The molecule has 0 aliphatic rings. The van der Waals surface area contributed by atoms with E-state index in [0.29, 0.717) is 22.2 Å². The van der Waals surface area contributed by atoms with E-state index in [2.05, 4.69) is 0 Å². The van der Waals surface area contributed by atoms with Crippen LogP contribution in [0.25, 0.3) is 11.1 Å². The molecule has 126 valence electrons. The summed E-state index contributed by atoms with van der Waals surface area (Å²) in [5, 5.41) is -0.132. The zero-order valence-corrected chi connectivity index (χ0v) is 14.4. The summed E-state index contributed by atoms with van der Waals surface area (Å²) in [4.78, 5) is 11.7. The summed E-state index contributed by atoms with van der Waals surface area (Å²) < 4.78 is 45.0. The Hall–Kier alpha value is -2.12. The fraction of sp³-hybridized carbons (Fsp3) is 0.188. The monoisotopic (exact) mass is 369 g/mol. The van der Waals surface area contributed by atoms with Gasteiger partial charge in [0.05, 0.1) is 21.2 Å². The number of halogens is 2. The molecule has 0 bridgehead atoms. The van der Waals surface area contributed by atoms with Crippen molar-refractivity contribution in [2.24, 2.45) is 7.05 Å². The molecule has 0 fully saturated rings. The minimum absolute atomic E-state index is 0.0897. The number of rotatable bonds is 3. The molecule has 0 aliphatic heterocycles. The zero-order chi connectivity index (χ0) is 17.6. The minimum atomic E-state index is -3.71. The number of oxazole rings is 1. The van der Waals surface area contributed by atoms with Gasteiger partial charge in [-0.3, -0.25) is 4.57 Å². The second kappa shape index (κ2) is 5.75. The van der Waals surface area contributed by atoms with E-state index in [1.165, 1.54) is 35.9 Å². The fourth-order valence-corrected chi connectivity index (χ4v) is 4.33. The lowest BCUT2D eigenvalue weighted by molar-refractivity contribution is 0.528. The molecule has 0 saturated heterocycles. The van der Waals surface area contributed by atoms with Crippen LogP contribution in [0.2, 0.25) is 5.02 Å². The third kappa shape index (κ3) is 2.85. The largest absolute Gasteiger partial charge is 0.419 e. The Morgan fingerprint density at radius 3 is 2.62 bits per heavy atom. The van der Waals surface area contributed by atoms with Gasteiger partial charge in [0, 0.05) is 7.05 Å². The molecule has 1 heterocycles. The molecule has 0 spiro atoms. The standard InChI is InChI=1S/C16H13ClFNO4S/c1-9-5-14-13(19(2)16(20)23-14)7-15(9)24(21,22)8-10-3-4-12(18)11(17)6-10/h3-7H,8H2,1-2H3. The van der Waals surface area contributed by atoms with E-state index in [9.17, 15) is 17.6 Å². The molecule has 0 saturated carbocycles. The highest BCUT2D eigenvalue weighted by molar-refractivity contribution is 7.90. The molecule has 3 rings (SSSR count). The van der Waals surface area contributed by atoms with Gasteiger partial charge in [0.15, 0.2) is 15.4 Å². The number of fused-ring (bicyclic) bond motifs is 1. The maximum absolute atomic E-state index is 13.2. The van der Waals surface area contributed by atoms with Crippen LogP contribution in [0.4, 0.5) is 4.39 Å². The van der Waals surface area contributed by atoms with E-state index >= 15 is 0 Å². The van der Waals surface area contributed by atoms with Crippen molar-refractivity contribution < 1.29 is 17.2 Å². The van der Waals surface area contributed by atoms with Crippen molar-refractivity contribution in [1.29, 1.82) is 0 Å². The summed E-state index contributed by atoms with van der Waals surface area (Å²) >= 11 is 5.70. The molecule has 5 nitrogen and oxygen atoms in total. The number of nitrogens with zero attached hydrogens (tertiary/aromatic N) is 1.